The molecule has 2 aromatic heterocycles. The number of carbonyl (C=O) groups excluding carboxylic acids is 1. The summed E-state index contributed by atoms with van der Waals surface area (Å²) in [6.07, 6.45) is 5.05. The molecule has 2 unspecified atom stereocenters. The maximum absolute atomic E-state index is 11.0. The second-order valence-electron chi connectivity index (χ2n) is 5.37. The van der Waals surface area contributed by atoms with E-state index < -0.39 is 6.04 Å². The third-order valence-electron chi connectivity index (χ3n) is 4.24. The first-order valence-corrected chi connectivity index (χ1v) is 7.42. The maximum atomic E-state index is 11.0. The highest BCUT2D eigenvalue weighted by Crippen LogP contribution is 2.27. The molecule has 2 atom stereocenters. The minimum atomic E-state index is -0.651. The Morgan fingerprint density at radius 2 is 2.50 bits per heavy atom. The summed E-state index contributed by atoms with van der Waals surface area (Å²) in [5.74, 6) is 0.903. The van der Waals surface area contributed by atoms with Gasteiger partial charge in [0.25, 0.3) is 0 Å². The van der Waals surface area contributed by atoms with Crippen molar-refractivity contribution >= 4 is 23.1 Å². The van der Waals surface area contributed by atoms with Gasteiger partial charge in [0.1, 0.15) is 17.8 Å². The second kappa shape index (κ2) is 6.12. The molecule has 1 fully saturated rings. The van der Waals surface area contributed by atoms with Crippen LogP contribution in [0, 0.1) is 11.3 Å². The lowest BCUT2D eigenvalue weighted by molar-refractivity contribution is -0.110. The maximum Gasteiger partial charge on any atom is 0.154 e. The smallest absolute Gasteiger partial charge is 0.154 e. The molecule has 1 aliphatic heterocycles. The van der Waals surface area contributed by atoms with E-state index in [2.05, 4.69) is 26.8 Å². The van der Waals surface area contributed by atoms with Crippen LogP contribution in [0.1, 0.15) is 13.3 Å². The molecule has 0 spiro atoms. The Labute approximate surface area is 128 Å². The number of aromatic amines is 1. The molecule has 0 bridgehead atoms. The van der Waals surface area contributed by atoms with Crippen molar-refractivity contribution in [3.05, 3.63) is 18.6 Å². The molecule has 3 heterocycles. The molecule has 0 aliphatic carbocycles. The van der Waals surface area contributed by atoms with Crippen molar-refractivity contribution in [2.24, 2.45) is 0 Å². The Kier molecular flexibility index (Phi) is 4.02. The number of hydrogen-bond donors (Lipinski definition) is 1. The van der Waals surface area contributed by atoms with Crippen LogP contribution in [0.2, 0.25) is 0 Å². The van der Waals surface area contributed by atoms with Gasteiger partial charge in [0.2, 0.25) is 0 Å². The van der Waals surface area contributed by atoms with E-state index in [4.69, 9.17) is 5.26 Å². The Morgan fingerprint density at radius 1 is 1.64 bits per heavy atom. The molecule has 1 aliphatic rings. The summed E-state index contributed by atoms with van der Waals surface area (Å²) in [4.78, 5) is 26.9. The van der Waals surface area contributed by atoms with Gasteiger partial charge in [-0.3, -0.25) is 4.90 Å². The van der Waals surface area contributed by atoms with Gasteiger partial charge < -0.3 is 14.7 Å². The Bertz CT molecular complexity index is 705. The number of nitrogens with one attached hydrogen (secondary N) is 1. The summed E-state index contributed by atoms with van der Waals surface area (Å²) < 4.78 is 0. The number of likely N-dealkylation sites (N-methyl/N-ethyl adjacent to an activating group) is 1. The highest BCUT2D eigenvalue weighted by Gasteiger charge is 2.32. The average molecular weight is 298 g/mol. The van der Waals surface area contributed by atoms with Gasteiger partial charge in [0.15, 0.2) is 12.3 Å². The number of anilines is 1. The highest BCUT2D eigenvalue weighted by atomic mass is 16.1. The van der Waals surface area contributed by atoms with E-state index >= 15 is 0 Å². The fourth-order valence-electron chi connectivity index (χ4n) is 3.14. The second-order valence-corrected chi connectivity index (χ2v) is 5.37. The summed E-state index contributed by atoms with van der Waals surface area (Å²) in [6.45, 7) is 4.35. The SMILES string of the molecule is CCN(c1ncnc2[nH]ccc12)C1CCN(C(C#N)C=O)C1. The summed E-state index contributed by atoms with van der Waals surface area (Å²) >= 11 is 0. The summed E-state index contributed by atoms with van der Waals surface area (Å²) in [6, 6.07) is 3.61. The first-order valence-electron chi connectivity index (χ1n) is 7.42. The monoisotopic (exact) mass is 298 g/mol. The molecule has 0 saturated carbocycles. The van der Waals surface area contributed by atoms with Gasteiger partial charge >= 0.3 is 0 Å². The summed E-state index contributed by atoms with van der Waals surface area (Å²) in [7, 11) is 0. The molecule has 7 heteroatoms. The average Bonchev–Trinajstić information content (AvgIpc) is 3.19. The minimum absolute atomic E-state index is 0.244. The van der Waals surface area contributed by atoms with Gasteiger partial charge in [-0.1, -0.05) is 0 Å². The predicted molar refractivity (Wildman–Crippen MR) is 82.4 cm³/mol. The van der Waals surface area contributed by atoms with Crippen molar-refractivity contribution in [1.82, 2.24) is 19.9 Å². The third kappa shape index (κ3) is 2.42. The molecular weight excluding hydrogens is 280 g/mol. The molecule has 3 rings (SSSR count). The molecule has 2 aromatic rings. The van der Waals surface area contributed by atoms with Gasteiger partial charge in [-0.05, 0) is 19.4 Å². The molecule has 22 heavy (non-hydrogen) atoms. The van der Waals surface area contributed by atoms with Crippen LogP contribution in [-0.4, -0.2) is 57.9 Å². The number of carbonyl (C=O) groups is 1. The molecule has 0 aromatic carbocycles. The zero-order chi connectivity index (χ0) is 15.5. The summed E-state index contributed by atoms with van der Waals surface area (Å²) in [5, 5.41) is 10.0. The Morgan fingerprint density at radius 3 is 3.23 bits per heavy atom. The minimum Gasteiger partial charge on any atom is -0.352 e. The molecule has 1 N–H and O–H groups in total. The van der Waals surface area contributed by atoms with Gasteiger partial charge in [-0.15, -0.1) is 0 Å². The first kappa shape index (κ1) is 14.5. The van der Waals surface area contributed by atoms with E-state index in [1.54, 1.807) is 6.33 Å². The van der Waals surface area contributed by atoms with E-state index in [1.807, 2.05) is 23.2 Å². The van der Waals surface area contributed by atoms with E-state index in [0.717, 1.165) is 36.4 Å². The van der Waals surface area contributed by atoms with Gasteiger partial charge in [-0.2, -0.15) is 5.26 Å². The molecule has 0 radical (unpaired) electrons. The number of aldehydes is 1. The molecule has 7 nitrogen and oxygen atoms in total. The standard InChI is InChI=1S/C15H18N6O/c1-2-21(11-4-6-20(8-11)12(7-16)9-22)15-13-3-5-17-14(13)18-10-19-15/h3,5,9-12H,2,4,6,8H2,1H3,(H,17,18,19). The molecule has 114 valence electrons. The topological polar surface area (TPSA) is 88.9 Å². The van der Waals surface area contributed by atoms with Crippen molar-refractivity contribution in [3.8, 4) is 6.07 Å². The quantitative estimate of drug-likeness (QED) is 0.827. The lowest BCUT2D eigenvalue weighted by Gasteiger charge is -2.29. The Hall–Kier alpha value is -2.46. The molecule has 0 amide bonds. The van der Waals surface area contributed by atoms with Gasteiger partial charge in [0.05, 0.1) is 11.5 Å². The van der Waals surface area contributed by atoms with Crippen LogP contribution < -0.4 is 4.90 Å². The lowest BCUT2D eigenvalue weighted by Crippen LogP contribution is -2.40. The van der Waals surface area contributed by atoms with E-state index in [1.165, 1.54) is 0 Å². The predicted octanol–water partition coefficient (Wildman–Crippen LogP) is 0.950. The van der Waals surface area contributed by atoms with Crippen molar-refractivity contribution in [3.63, 3.8) is 0 Å². The number of rotatable bonds is 5. The van der Waals surface area contributed by atoms with Gasteiger partial charge in [0, 0.05) is 31.9 Å². The van der Waals surface area contributed by atoms with Crippen molar-refractivity contribution in [2.75, 3.05) is 24.5 Å². The van der Waals surface area contributed by atoms with Crippen LogP contribution >= 0.6 is 0 Å². The highest BCUT2D eigenvalue weighted by molar-refractivity contribution is 5.87. The fourth-order valence-corrected chi connectivity index (χ4v) is 3.14. The number of likely N-dealkylation sites (tertiary alicyclic amines) is 1. The Balaban J connectivity index is 1.85. The number of H-pyrrole nitrogens is 1. The van der Waals surface area contributed by atoms with Crippen LogP contribution in [-0.2, 0) is 4.79 Å². The number of hydrogen-bond acceptors (Lipinski definition) is 6. The van der Waals surface area contributed by atoms with Crippen molar-refractivity contribution < 1.29 is 4.79 Å². The molecule has 1 saturated heterocycles. The van der Waals surface area contributed by atoms with Crippen LogP contribution in [0.25, 0.3) is 11.0 Å². The van der Waals surface area contributed by atoms with Crippen LogP contribution in [0.5, 0.6) is 0 Å². The number of fused-ring (bicyclic) bond motifs is 1. The number of nitriles is 1. The van der Waals surface area contributed by atoms with Gasteiger partial charge in [-0.25, -0.2) is 9.97 Å². The van der Waals surface area contributed by atoms with E-state index in [9.17, 15) is 4.79 Å². The van der Waals surface area contributed by atoms with Crippen molar-refractivity contribution in [1.29, 1.82) is 5.26 Å². The van der Waals surface area contributed by atoms with Crippen LogP contribution in [0.4, 0.5) is 5.82 Å². The zero-order valence-corrected chi connectivity index (χ0v) is 12.4. The number of nitrogens with zero attached hydrogens (tertiary/aromatic N) is 5. The zero-order valence-electron chi connectivity index (χ0n) is 12.4. The number of aromatic nitrogens is 3. The van der Waals surface area contributed by atoms with Crippen molar-refractivity contribution in [2.45, 2.75) is 25.4 Å². The largest absolute Gasteiger partial charge is 0.352 e. The first-order chi connectivity index (χ1) is 10.8. The van der Waals surface area contributed by atoms with E-state index in [-0.39, 0.29) is 6.04 Å². The summed E-state index contributed by atoms with van der Waals surface area (Å²) in [5.41, 5.74) is 0.820. The lowest BCUT2D eigenvalue weighted by atomic mass is 10.2. The van der Waals surface area contributed by atoms with Crippen LogP contribution in [0.3, 0.4) is 0 Å². The van der Waals surface area contributed by atoms with E-state index in [0.29, 0.717) is 12.8 Å². The normalized spacial score (nSPS) is 19.9. The van der Waals surface area contributed by atoms with Crippen LogP contribution in [0.15, 0.2) is 18.6 Å². The fraction of sp³-hybridized carbons (Fsp3) is 0.467. The molecular formula is C15H18N6O. The third-order valence-corrected chi connectivity index (χ3v) is 4.24.